The minimum Gasteiger partial charge on any atom is -0.488 e. The molecule has 0 aliphatic carbocycles. The number of benzene rings is 3. The number of carboxylic acids is 1. The Morgan fingerprint density at radius 3 is 1.81 bits per heavy atom. The highest BCUT2D eigenvalue weighted by Crippen LogP contribution is 2.30. The number of ether oxygens (including phenoxy) is 1. The Bertz CT molecular complexity index is 1420. The van der Waals surface area contributed by atoms with Crippen LogP contribution in [-0.4, -0.2) is 17.7 Å². The topological polar surface area (TPSA) is 72.8 Å². The first-order valence-corrected chi connectivity index (χ1v) is 12.0. The van der Waals surface area contributed by atoms with Crippen LogP contribution in [0.5, 0.6) is 5.75 Å². The molecular weight excluding hydrogens is 488 g/mol. The molecule has 1 N–H and O–H groups in total. The highest BCUT2D eigenvalue weighted by Gasteiger charge is 2.10. The summed E-state index contributed by atoms with van der Waals surface area (Å²) in [5.41, 5.74) is 7.88. The third-order valence-corrected chi connectivity index (χ3v) is 6.27. The number of rotatable bonds is 9. The molecular formula is C31H23ClO5. The van der Waals surface area contributed by atoms with Crippen molar-refractivity contribution in [1.29, 1.82) is 0 Å². The molecule has 0 saturated carbocycles. The van der Waals surface area contributed by atoms with E-state index in [2.05, 4.69) is 48.5 Å². The molecule has 2 aromatic heterocycles. The summed E-state index contributed by atoms with van der Waals surface area (Å²) in [6.45, 7) is 0.278. The second-order valence-electron chi connectivity index (χ2n) is 8.44. The Morgan fingerprint density at radius 2 is 1.35 bits per heavy atom. The smallest absolute Gasteiger partial charge is 0.307 e. The van der Waals surface area contributed by atoms with E-state index in [1.807, 2.05) is 18.2 Å². The van der Waals surface area contributed by atoms with Crippen LogP contribution in [0.2, 0.25) is 5.02 Å². The van der Waals surface area contributed by atoms with Crippen LogP contribution in [-0.2, 0) is 11.2 Å². The van der Waals surface area contributed by atoms with Crippen molar-refractivity contribution in [2.45, 2.75) is 6.42 Å². The van der Waals surface area contributed by atoms with Crippen LogP contribution >= 0.6 is 11.6 Å². The fourth-order valence-electron chi connectivity index (χ4n) is 4.11. The molecule has 0 saturated heterocycles. The first kappa shape index (κ1) is 24.2. The van der Waals surface area contributed by atoms with E-state index in [0.717, 1.165) is 39.0 Å². The summed E-state index contributed by atoms with van der Waals surface area (Å²) in [6, 6.07) is 25.4. The Hall–Kier alpha value is -4.48. The minimum absolute atomic E-state index is 0.0896. The van der Waals surface area contributed by atoms with Gasteiger partial charge in [0.25, 0.3) is 0 Å². The van der Waals surface area contributed by atoms with Crippen molar-refractivity contribution in [3.05, 3.63) is 132 Å². The zero-order chi connectivity index (χ0) is 25.6. The Balaban J connectivity index is 1.41. The molecule has 37 heavy (non-hydrogen) atoms. The second kappa shape index (κ2) is 11.1. The van der Waals surface area contributed by atoms with Crippen molar-refractivity contribution in [3.8, 4) is 28.0 Å². The number of hydrogen-bond acceptors (Lipinski definition) is 4. The third-order valence-electron chi connectivity index (χ3n) is 5.98. The molecule has 5 aromatic rings. The molecule has 2 heterocycles. The molecule has 0 aliphatic rings. The largest absolute Gasteiger partial charge is 0.488 e. The van der Waals surface area contributed by atoms with Gasteiger partial charge in [-0.05, 0) is 63.7 Å². The lowest BCUT2D eigenvalue weighted by Gasteiger charge is -2.12. The van der Waals surface area contributed by atoms with E-state index in [-0.39, 0.29) is 13.0 Å². The third kappa shape index (κ3) is 5.85. The number of furan rings is 2. The molecule has 0 fully saturated rings. The van der Waals surface area contributed by atoms with Gasteiger partial charge in [0.15, 0.2) is 0 Å². The van der Waals surface area contributed by atoms with Crippen molar-refractivity contribution in [2.75, 3.05) is 6.61 Å². The lowest BCUT2D eigenvalue weighted by Crippen LogP contribution is -2.01. The van der Waals surface area contributed by atoms with Gasteiger partial charge in [-0.3, -0.25) is 4.79 Å². The Kier molecular flexibility index (Phi) is 7.24. The van der Waals surface area contributed by atoms with Crippen LogP contribution in [0.1, 0.15) is 16.7 Å². The lowest BCUT2D eigenvalue weighted by atomic mass is 9.94. The Labute approximate surface area is 219 Å². The molecule has 0 unspecified atom stereocenters. The second-order valence-corrected chi connectivity index (χ2v) is 8.85. The summed E-state index contributed by atoms with van der Waals surface area (Å²) in [5, 5.41) is 9.37. The van der Waals surface area contributed by atoms with Gasteiger partial charge < -0.3 is 18.7 Å². The summed E-state index contributed by atoms with van der Waals surface area (Å²) < 4.78 is 16.4. The maximum atomic E-state index is 11.0. The van der Waals surface area contributed by atoms with E-state index in [1.54, 1.807) is 43.3 Å². The number of halogens is 1. The molecule has 0 aliphatic heterocycles. The fraction of sp³-hybridized carbons (Fsp3) is 0.0645. The number of carboxylic acid groups (broad SMARTS) is 1. The molecule has 0 bridgehead atoms. The van der Waals surface area contributed by atoms with Crippen molar-refractivity contribution < 1.29 is 23.5 Å². The number of aliphatic carboxylic acids is 1. The molecule has 6 heteroatoms. The van der Waals surface area contributed by atoms with Crippen molar-refractivity contribution in [3.63, 3.8) is 0 Å². The molecule has 0 radical (unpaired) electrons. The molecule has 3 aromatic carbocycles. The predicted molar refractivity (Wildman–Crippen MR) is 144 cm³/mol. The van der Waals surface area contributed by atoms with Gasteiger partial charge in [-0.15, -0.1) is 0 Å². The highest BCUT2D eigenvalue weighted by atomic mass is 35.5. The summed E-state index contributed by atoms with van der Waals surface area (Å²) in [7, 11) is 0. The van der Waals surface area contributed by atoms with Crippen LogP contribution in [0.15, 0.2) is 119 Å². The number of hydrogen-bond donors (Lipinski definition) is 1. The van der Waals surface area contributed by atoms with Crippen LogP contribution in [0.3, 0.4) is 0 Å². The Morgan fingerprint density at radius 1 is 0.784 bits per heavy atom. The quantitative estimate of drug-likeness (QED) is 0.217. The van der Waals surface area contributed by atoms with Gasteiger partial charge in [-0.1, -0.05) is 66.2 Å². The van der Waals surface area contributed by atoms with Crippen LogP contribution in [0, 0.1) is 0 Å². The van der Waals surface area contributed by atoms with Crippen LogP contribution < -0.4 is 4.74 Å². The van der Waals surface area contributed by atoms with E-state index in [9.17, 15) is 4.79 Å². The minimum atomic E-state index is -0.908. The van der Waals surface area contributed by atoms with Crippen molar-refractivity contribution in [1.82, 2.24) is 0 Å². The van der Waals surface area contributed by atoms with Crippen LogP contribution in [0.4, 0.5) is 0 Å². The molecule has 0 amide bonds. The van der Waals surface area contributed by atoms with Crippen LogP contribution in [0.25, 0.3) is 27.8 Å². The summed E-state index contributed by atoms with van der Waals surface area (Å²) >= 11 is 6.34. The van der Waals surface area contributed by atoms with Gasteiger partial charge in [-0.2, -0.15) is 0 Å². The summed E-state index contributed by atoms with van der Waals surface area (Å²) in [4.78, 5) is 11.0. The average Bonchev–Trinajstić information content (AvgIpc) is 3.63. The average molecular weight is 511 g/mol. The molecule has 0 atom stereocenters. The van der Waals surface area contributed by atoms with Crippen molar-refractivity contribution in [2.24, 2.45) is 0 Å². The van der Waals surface area contributed by atoms with Gasteiger partial charge in [0.1, 0.15) is 12.4 Å². The molecule has 184 valence electrons. The van der Waals surface area contributed by atoms with Gasteiger partial charge in [-0.25, -0.2) is 0 Å². The lowest BCUT2D eigenvalue weighted by molar-refractivity contribution is -0.136. The van der Waals surface area contributed by atoms with E-state index in [0.29, 0.717) is 16.3 Å². The zero-order valence-corrected chi connectivity index (χ0v) is 20.5. The maximum absolute atomic E-state index is 11.0. The fourth-order valence-corrected chi connectivity index (χ4v) is 4.36. The first-order chi connectivity index (χ1) is 18.1. The summed E-state index contributed by atoms with van der Waals surface area (Å²) in [5.74, 6) is -0.410. The van der Waals surface area contributed by atoms with E-state index < -0.39 is 5.97 Å². The van der Waals surface area contributed by atoms with Gasteiger partial charge in [0.2, 0.25) is 0 Å². The molecule has 5 nitrogen and oxygen atoms in total. The van der Waals surface area contributed by atoms with E-state index in [1.165, 1.54) is 0 Å². The predicted octanol–water partition coefficient (Wildman–Crippen LogP) is 8.00. The van der Waals surface area contributed by atoms with Gasteiger partial charge in [0, 0.05) is 11.1 Å². The standard InChI is InChI=1S/C31H23ClO5/c32-29-17-21(18-31(33)34)1-10-30(29)37-16-13-28(24-6-2-22(3-7-24)26-11-14-35-19-26)25-8-4-23(5-9-25)27-12-15-36-20-27/h1-15,17,19-20H,16,18H2,(H,33,34). The monoisotopic (exact) mass is 510 g/mol. The van der Waals surface area contributed by atoms with E-state index in [4.69, 9.17) is 30.3 Å². The first-order valence-electron chi connectivity index (χ1n) is 11.7. The normalized spacial score (nSPS) is 10.7. The summed E-state index contributed by atoms with van der Waals surface area (Å²) in [6.07, 6.45) is 8.69. The zero-order valence-electron chi connectivity index (χ0n) is 19.8. The van der Waals surface area contributed by atoms with Crippen molar-refractivity contribution >= 4 is 23.1 Å². The number of carbonyl (C=O) groups is 1. The maximum Gasteiger partial charge on any atom is 0.307 e. The van der Waals surface area contributed by atoms with Gasteiger partial charge >= 0.3 is 5.97 Å². The molecule has 0 spiro atoms. The van der Waals surface area contributed by atoms with E-state index >= 15 is 0 Å². The highest BCUT2D eigenvalue weighted by molar-refractivity contribution is 6.32. The van der Waals surface area contributed by atoms with Gasteiger partial charge in [0.05, 0.1) is 36.5 Å². The SMILES string of the molecule is O=C(O)Cc1ccc(OCC=C(c2ccc(-c3ccoc3)cc2)c2ccc(-c3ccoc3)cc2)c(Cl)c1. The molecule has 5 rings (SSSR count).